The van der Waals surface area contributed by atoms with Gasteiger partial charge < -0.3 is 11.1 Å². The van der Waals surface area contributed by atoms with E-state index in [2.05, 4.69) is 5.32 Å². The maximum atomic E-state index is 11.7. The van der Waals surface area contributed by atoms with Gasteiger partial charge in [0.2, 0.25) is 5.91 Å². The van der Waals surface area contributed by atoms with Crippen molar-refractivity contribution in [1.29, 1.82) is 0 Å². The molecule has 0 aliphatic carbocycles. The Morgan fingerprint density at radius 3 is 2.24 bits per heavy atom. The van der Waals surface area contributed by atoms with Crippen molar-refractivity contribution < 1.29 is 4.79 Å². The Kier molecular flexibility index (Phi) is 4.23. The molecule has 0 spiro atoms. The number of amides is 1. The van der Waals surface area contributed by atoms with E-state index in [0.29, 0.717) is 11.5 Å². The topological polar surface area (TPSA) is 55.1 Å². The number of carbonyl (C=O) groups is 1. The molecule has 17 heavy (non-hydrogen) atoms. The quantitative estimate of drug-likeness (QED) is 0.807. The van der Waals surface area contributed by atoms with Crippen LogP contribution in [-0.2, 0) is 11.3 Å². The van der Waals surface area contributed by atoms with Crippen molar-refractivity contribution in [2.24, 2.45) is 11.1 Å². The summed E-state index contributed by atoms with van der Waals surface area (Å²) in [4.78, 5) is 12.0. The largest absolute Gasteiger partial charge is 0.389 e. The number of nitrogens with one attached hydrogen (secondary N) is 1. The number of rotatable bonds is 3. The molecular weight excluding hydrogens is 232 g/mol. The van der Waals surface area contributed by atoms with Crippen LogP contribution in [0, 0.1) is 5.41 Å². The summed E-state index contributed by atoms with van der Waals surface area (Å²) in [5, 5.41) is 2.88. The second-order valence-corrected chi connectivity index (χ2v) is 5.43. The van der Waals surface area contributed by atoms with Crippen LogP contribution in [0.15, 0.2) is 24.3 Å². The van der Waals surface area contributed by atoms with Crippen LogP contribution in [0.1, 0.15) is 31.9 Å². The van der Waals surface area contributed by atoms with Gasteiger partial charge in [0.15, 0.2) is 0 Å². The molecule has 0 aliphatic rings. The number of carbonyl (C=O) groups excluding carboxylic acids is 1. The van der Waals surface area contributed by atoms with E-state index in [-0.39, 0.29) is 11.3 Å². The van der Waals surface area contributed by atoms with Crippen LogP contribution in [-0.4, -0.2) is 10.9 Å². The summed E-state index contributed by atoms with van der Waals surface area (Å²) in [5.74, 6) is 0.0379. The van der Waals surface area contributed by atoms with Gasteiger partial charge in [0.05, 0.1) is 0 Å². The summed E-state index contributed by atoms with van der Waals surface area (Å²) in [5.41, 5.74) is 7.01. The molecule has 0 aliphatic heterocycles. The van der Waals surface area contributed by atoms with Crippen molar-refractivity contribution in [2.45, 2.75) is 27.3 Å². The number of nitrogens with two attached hydrogens (primary N) is 1. The van der Waals surface area contributed by atoms with E-state index in [9.17, 15) is 4.79 Å². The van der Waals surface area contributed by atoms with Crippen molar-refractivity contribution in [3.05, 3.63) is 35.4 Å². The van der Waals surface area contributed by atoms with E-state index < -0.39 is 0 Å². The molecule has 0 saturated carbocycles. The molecule has 0 bridgehead atoms. The SMILES string of the molecule is CC(C)(C)C(=O)NCc1ccc(C(N)=S)cc1. The zero-order valence-electron chi connectivity index (χ0n) is 10.4. The van der Waals surface area contributed by atoms with Crippen LogP contribution < -0.4 is 11.1 Å². The lowest BCUT2D eigenvalue weighted by Crippen LogP contribution is -2.34. The Labute approximate surface area is 107 Å². The Bertz CT molecular complexity index is 418. The van der Waals surface area contributed by atoms with E-state index in [0.717, 1.165) is 11.1 Å². The first-order valence-corrected chi connectivity index (χ1v) is 5.88. The fourth-order valence-electron chi connectivity index (χ4n) is 1.23. The fourth-order valence-corrected chi connectivity index (χ4v) is 1.37. The minimum Gasteiger partial charge on any atom is -0.389 e. The first-order chi connectivity index (χ1) is 7.80. The number of hydrogen-bond donors (Lipinski definition) is 2. The Morgan fingerprint density at radius 2 is 1.82 bits per heavy atom. The molecule has 1 rings (SSSR count). The van der Waals surface area contributed by atoms with Crippen molar-refractivity contribution in [1.82, 2.24) is 5.32 Å². The van der Waals surface area contributed by atoms with Gasteiger partial charge in [0.25, 0.3) is 0 Å². The lowest BCUT2D eigenvalue weighted by molar-refractivity contribution is -0.128. The molecule has 3 nitrogen and oxygen atoms in total. The van der Waals surface area contributed by atoms with Crippen LogP contribution in [0.4, 0.5) is 0 Å². The molecule has 0 heterocycles. The van der Waals surface area contributed by atoms with Crippen molar-refractivity contribution in [2.75, 3.05) is 0 Å². The highest BCUT2D eigenvalue weighted by molar-refractivity contribution is 7.80. The van der Waals surface area contributed by atoms with E-state index in [1.54, 1.807) is 0 Å². The van der Waals surface area contributed by atoms with Crippen LogP contribution in [0.25, 0.3) is 0 Å². The average Bonchev–Trinajstić information content (AvgIpc) is 2.25. The number of benzene rings is 1. The highest BCUT2D eigenvalue weighted by atomic mass is 32.1. The lowest BCUT2D eigenvalue weighted by atomic mass is 9.95. The van der Waals surface area contributed by atoms with Gasteiger partial charge in [0, 0.05) is 17.5 Å². The summed E-state index contributed by atoms with van der Waals surface area (Å²) in [7, 11) is 0. The molecule has 0 atom stereocenters. The highest BCUT2D eigenvalue weighted by Gasteiger charge is 2.20. The predicted molar refractivity (Wildman–Crippen MR) is 73.6 cm³/mol. The monoisotopic (exact) mass is 250 g/mol. The predicted octanol–water partition coefficient (Wildman–Crippen LogP) is 1.98. The summed E-state index contributed by atoms with van der Waals surface area (Å²) in [6.45, 7) is 6.18. The van der Waals surface area contributed by atoms with E-state index >= 15 is 0 Å². The number of hydrogen-bond acceptors (Lipinski definition) is 2. The van der Waals surface area contributed by atoms with Crippen LogP contribution in [0.5, 0.6) is 0 Å². The zero-order valence-corrected chi connectivity index (χ0v) is 11.2. The molecule has 0 unspecified atom stereocenters. The standard InChI is InChI=1S/C13H18N2OS/c1-13(2,3)12(16)15-8-9-4-6-10(7-5-9)11(14)17/h4-7H,8H2,1-3H3,(H2,14,17)(H,15,16). The van der Waals surface area contributed by atoms with Gasteiger partial charge in [-0.15, -0.1) is 0 Å². The molecule has 1 amide bonds. The molecule has 1 aromatic carbocycles. The maximum Gasteiger partial charge on any atom is 0.225 e. The minimum atomic E-state index is -0.362. The van der Waals surface area contributed by atoms with Gasteiger partial charge in [-0.1, -0.05) is 57.3 Å². The summed E-state index contributed by atoms with van der Waals surface area (Å²) in [6, 6.07) is 7.55. The third kappa shape index (κ3) is 4.15. The Balaban J connectivity index is 2.59. The summed E-state index contributed by atoms with van der Waals surface area (Å²) in [6.07, 6.45) is 0. The third-order valence-electron chi connectivity index (χ3n) is 2.37. The van der Waals surface area contributed by atoms with Crippen molar-refractivity contribution in [3.8, 4) is 0 Å². The summed E-state index contributed by atoms with van der Waals surface area (Å²) < 4.78 is 0. The van der Waals surface area contributed by atoms with E-state index in [1.807, 2.05) is 45.0 Å². The minimum absolute atomic E-state index is 0.0379. The Hall–Kier alpha value is -1.42. The van der Waals surface area contributed by atoms with Crippen molar-refractivity contribution >= 4 is 23.1 Å². The molecule has 4 heteroatoms. The highest BCUT2D eigenvalue weighted by Crippen LogP contribution is 2.13. The second kappa shape index (κ2) is 5.27. The maximum absolute atomic E-state index is 11.7. The van der Waals surface area contributed by atoms with Gasteiger partial charge in [-0.3, -0.25) is 4.79 Å². The molecule has 0 aromatic heterocycles. The molecular formula is C13H18N2OS. The van der Waals surface area contributed by atoms with Crippen molar-refractivity contribution in [3.63, 3.8) is 0 Å². The number of thiocarbonyl (C=S) groups is 1. The smallest absolute Gasteiger partial charge is 0.225 e. The molecule has 3 N–H and O–H groups in total. The molecule has 92 valence electrons. The van der Waals surface area contributed by atoms with Crippen LogP contribution in [0.3, 0.4) is 0 Å². The van der Waals surface area contributed by atoms with E-state index in [4.69, 9.17) is 18.0 Å². The average molecular weight is 250 g/mol. The van der Waals surface area contributed by atoms with Gasteiger partial charge >= 0.3 is 0 Å². The van der Waals surface area contributed by atoms with Gasteiger partial charge in [0.1, 0.15) is 4.99 Å². The third-order valence-corrected chi connectivity index (χ3v) is 2.61. The van der Waals surface area contributed by atoms with Gasteiger partial charge in [-0.25, -0.2) is 0 Å². The first-order valence-electron chi connectivity index (χ1n) is 5.48. The summed E-state index contributed by atoms with van der Waals surface area (Å²) >= 11 is 4.87. The second-order valence-electron chi connectivity index (χ2n) is 4.99. The Morgan fingerprint density at radius 1 is 1.29 bits per heavy atom. The molecule has 1 aromatic rings. The molecule has 0 radical (unpaired) electrons. The van der Waals surface area contributed by atoms with Crippen LogP contribution in [0.2, 0.25) is 0 Å². The molecule has 0 saturated heterocycles. The normalized spacial score (nSPS) is 11.0. The van der Waals surface area contributed by atoms with Crippen LogP contribution >= 0.6 is 12.2 Å². The van der Waals surface area contributed by atoms with Gasteiger partial charge in [-0.2, -0.15) is 0 Å². The van der Waals surface area contributed by atoms with E-state index in [1.165, 1.54) is 0 Å². The lowest BCUT2D eigenvalue weighted by Gasteiger charge is -2.17. The first kappa shape index (κ1) is 13.6. The van der Waals surface area contributed by atoms with Gasteiger partial charge in [-0.05, 0) is 5.56 Å². The fraction of sp³-hybridized carbons (Fsp3) is 0.385. The zero-order chi connectivity index (χ0) is 13.1. The molecule has 0 fully saturated rings.